The van der Waals surface area contributed by atoms with E-state index in [1.165, 1.54) is 30.6 Å². The largest absolute Gasteiger partial charge is 0.298 e. The predicted octanol–water partition coefficient (Wildman–Crippen LogP) is 1.69. The molecule has 0 spiro atoms. The SMILES string of the molecule is O=Cc1cccc(NS(=O)(=O)c2cccnc2)c1. The average Bonchev–Trinajstić information content (AvgIpc) is 2.39. The monoisotopic (exact) mass is 262 g/mol. The van der Waals surface area contributed by atoms with Crippen LogP contribution in [0.1, 0.15) is 10.4 Å². The van der Waals surface area contributed by atoms with Gasteiger partial charge in [0.15, 0.2) is 0 Å². The van der Waals surface area contributed by atoms with E-state index in [4.69, 9.17) is 0 Å². The van der Waals surface area contributed by atoms with Crippen LogP contribution in [0.4, 0.5) is 5.69 Å². The van der Waals surface area contributed by atoms with Crippen molar-refractivity contribution in [2.75, 3.05) is 4.72 Å². The van der Waals surface area contributed by atoms with E-state index in [1.54, 1.807) is 18.2 Å². The number of hydrogen-bond donors (Lipinski definition) is 1. The molecule has 1 aromatic carbocycles. The molecule has 2 rings (SSSR count). The van der Waals surface area contributed by atoms with Crippen molar-refractivity contribution in [2.24, 2.45) is 0 Å². The molecule has 0 radical (unpaired) electrons. The Bertz CT molecular complexity index is 654. The van der Waals surface area contributed by atoms with Gasteiger partial charge in [-0.15, -0.1) is 0 Å². The molecule has 5 nitrogen and oxygen atoms in total. The van der Waals surface area contributed by atoms with Gasteiger partial charge >= 0.3 is 0 Å². The van der Waals surface area contributed by atoms with Crippen LogP contribution >= 0.6 is 0 Å². The van der Waals surface area contributed by atoms with E-state index in [2.05, 4.69) is 9.71 Å². The number of rotatable bonds is 4. The summed E-state index contributed by atoms with van der Waals surface area (Å²) in [7, 11) is -3.67. The van der Waals surface area contributed by atoms with E-state index < -0.39 is 10.0 Å². The summed E-state index contributed by atoms with van der Waals surface area (Å²) in [6.45, 7) is 0. The smallest absolute Gasteiger partial charge is 0.263 e. The summed E-state index contributed by atoms with van der Waals surface area (Å²) in [6, 6.07) is 9.21. The Morgan fingerprint density at radius 1 is 1.17 bits per heavy atom. The molecule has 0 saturated carbocycles. The topological polar surface area (TPSA) is 76.1 Å². The van der Waals surface area contributed by atoms with Gasteiger partial charge in [0.25, 0.3) is 10.0 Å². The first-order valence-electron chi connectivity index (χ1n) is 5.10. The highest BCUT2D eigenvalue weighted by molar-refractivity contribution is 7.92. The first-order valence-corrected chi connectivity index (χ1v) is 6.58. The number of aldehydes is 1. The van der Waals surface area contributed by atoms with E-state index >= 15 is 0 Å². The average molecular weight is 262 g/mol. The lowest BCUT2D eigenvalue weighted by molar-refractivity contribution is 0.112. The Morgan fingerprint density at radius 3 is 2.67 bits per heavy atom. The molecule has 18 heavy (non-hydrogen) atoms. The molecule has 6 heteroatoms. The maximum atomic E-state index is 12.0. The number of aromatic nitrogens is 1. The Labute approximate surface area is 105 Å². The van der Waals surface area contributed by atoms with Crippen molar-refractivity contribution < 1.29 is 13.2 Å². The standard InChI is InChI=1S/C12H10N2O3S/c15-9-10-3-1-4-11(7-10)14-18(16,17)12-5-2-6-13-8-12/h1-9,14H. The summed E-state index contributed by atoms with van der Waals surface area (Å²) in [4.78, 5) is 14.4. The summed E-state index contributed by atoms with van der Waals surface area (Å²) in [5, 5.41) is 0. The highest BCUT2D eigenvalue weighted by Crippen LogP contribution is 2.15. The first kappa shape index (κ1) is 12.3. The van der Waals surface area contributed by atoms with Crippen molar-refractivity contribution in [3.63, 3.8) is 0 Å². The minimum absolute atomic E-state index is 0.0708. The van der Waals surface area contributed by atoms with Crippen LogP contribution in [0.2, 0.25) is 0 Å². The second-order valence-corrected chi connectivity index (χ2v) is 5.22. The number of carbonyl (C=O) groups excluding carboxylic acids is 1. The van der Waals surface area contributed by atoms with E-state index in [9.17, 15) is 13.2 Å². The molecule has 0 bridgehead atoms. The number of hydrogen-bond acceptors (Lipinski definition) is 4. The molecule has 0 aliphatic rings. The third kappa shape index (κ3) is 2.72. The third-order valence-corrected chi connectivity index (χ3v) is 3.59. The molecule has 92 valence electrons. The van der Waals surface area contributed by atoms with Gasteiger partial charge in [0.05, 0.1) is 0 Å². The molecule has 0 amide bonds. The van der Waals surface area contributed by atoms with Crippen molar-refractivity contribution in [3.05, 3.63) is 54.4 Å². The highest BCUT2D eigenvalue weighted by atomic mass is 32.2. The van der Waals surface area contributed by atoms with E-state index in [0.29, 0.717) is 17.5 Å². The Kier molecular flexibility index (Phi) is 3.38. The Hall–Kier alpha value is -2.21. The number of sulfonamides is 1. The number of benzene rings is 1. The Morgan fingerprint density at radius 2 is 2.00 bits per heavy atom. The summed E-state index contributed by atoms with van der Waals surface area (Å²) < 4.78 is 26.3. The fourth-order valence-electron chi connectivity index (χ4n) is 1.40. The van der Waals surface area contributed by atoms with Crippen molar-refractivity contribution >= 4 is 22.0 Å². The second-order valence-electron chi connectivity index (χ2n) is 3.54. The minimum Gasteiger partial charge on any atom is -0.298 e. The van der Waals surface area contributed by atoms with E-state index in [1.807, 2.05) is 0 Å². The molecule has 2 aromatic rings. The van der Waals surface area contributed by atoms with Gasteiger partial charge in [-0.05, 0) is 24.3 Å². The van der Waals surface area contributed by atoms with E-state index in [-0.39, 0.29) is 4.90 Å². The molecule has 0 atom stereocenters. The van der Waals surface area contributed by atoms with Gasteiger partial charge < -0.3 is 0 Å². The lowest BCUT2D eigenvalue weighted by Gasteiger charge is -2.07. The number of anilines is 1. The fraction of sp³-hybridized carbons (Fsp3) is 0. The highest BCUT2D eigenvalue weighted by Gasteiger charge is 2.13. The van der Waals surface area contributed by atoms with Crippen LogP contribution in [0.3, 0.4) is 0 Å². The second kappa shape index (κ2) is 4.97. The van der Waals surface area contributed by atoms with Crippen LogP contribution in [0.25, 0.3) is 0 Å². The van der Waals surface area contributed by atoms with Crippen LogP contribution in [-0.2, 0) is 10.0 Å². The maximum Gasteiger partial charge on any atom is 0.263 e. The molecular weight excluding hydrogens is 252 g/mol. The quantitative estimate of drug-likeness (QED) is 0.851. The lowest BCUT2D eigenvalue weighted by Crippen LogP contribution is -2.13. The molecular formula is C12H10N2O3S. The number of pyridine rings is 1. The molecule has 0 saturated heterocycles. The summed E-state index contributed by atoms with van der Waals surface area (Å²) in [5.41, 5.74) is 0.741. The van der Waals surface area contributed by atoms with Gasteiger partial charge in [-0.2, -0.15) is 0 Å². The zero-order chi connectivity index (χ0) is 13.0. The van der Waals surface area contributed by atoms with Crippen molar-refractivity contribution in [3.8, 4) is 0 Å². The molecule has 0 aliphatic heterocycles. The first-order chi connectivity index (χ1) is 8.62. The van der Waals surface area contributed by atoms with Gasteiger partial charge in [-0.25, -0.2) is 8.42 Å². The molecule has 0 unspecified atom stereocenters. The number of nitrogens with one attached hydrogen (secondary N) is 1. The van der Waals surface area contributed by atoms with Crippen molar-refractivity contribution in [1.82, 2.24) is 4.98 Å². The van der Waals surface area contributed by atoms with E-state index in [0.717, 1.165) is 0 Å². The molecule has 0 aliphatic carbocycles. The number of carbonyl (C=O) groups is 1. The normalized spacial score (nSPS) is 10.9. The van der Waals surface area contributed by atoms with Crippen molar-refractivity contribution in [2.45, 2.75) is 4.90 Å². The molecule has 1 heterocycles. The van der Waals surface area contributed by atoms with Gasteiger partial charge in [0.1, 0.15) is 11.2 Å². The van der Waals surface area contributed by atoms with Gasteiger partial charge in [0.2, 0.25) is 0 Å². The van der Waals surface area contributed by atoms with Gasteiger partial charge in [0, 0.05) is 23.6 Å². The fourth-order valence-corrected chi connectivity index (χ4v) is 2.41. The lowest BCUT2D eigenvalue weighted by atomic mass is 10.2. The summed E-state index contributed by atoms with van der Waals surface area (Å²) in [5.74, 6) is 0. The zero-order valence-corrected chi connectivity index (χ0v) is 10.1. The van der Waals surface area contributed by atoms with Crippen molar-refractivity contribution in [1.29, 1.82) is 0 Å². The molecule has 0 fully saturated rings. The van der Waals surface area contributed by atoms with Crippen LogP contribution in [-0.4, -0.2) is 19.7 Å². The van der Waals surface area contributed by atoms with Crippen LogP contribution in [0.15, 0.2) is 53.7 Å². The Balaban J connectivity index is 2.31. The van der Waals surface area contributed by atoms with Crippen LogP contribution < -0.4 is 4.72 Å². The molecule has 1 N–H and O–H groups in total. The summed E-state index contributed by atoms with van der Waals surface area (Å²) >= 11 is 0. The zero-order valence-electron chi connectivity index (χ0n) is 9.28. The third-order valence-electron chi connectivity index (χ3n) is 2.22. The van der Waals surface area contributed by atoms with Gasteiger partial charge in [-0.1, -0.05) is 12.1 Å². The predicted molar refractivity (Wildman–Crippen MR) is 66.9 cm³/mol. The van der Waals surface area contributed by atoms with Crippen LogP contribution in [0.5, 0.6) is 0 Å². The minimum atomic E-state index is -3.67. The summed E-state index contributed by atoms with van der Waals surface area (Å²) in [6.07, 6.45) is 3.40. The maximum absolute atomic E-state index is 12.0. The van der Waals surface area contributed by atoms with Gasteiger partial charge in [-0.3, -0.25) is 14.5 Å². The molecule has 1 aromatic heterocycles. The van der Waals surface area contributed by atoms with Crippen LogP contribution in [0, 0.1) is 0 Å². The number of nitrogens with zero attached hydrogens (tertiary/aromatic N) is 1.